The van der Waals surface area contributed by atoms with Crippen LogP contribution in [0.3, 0.4) is 0 Å². The predicted octanol–water partition coefficient (Wildman–Crippen LogP) is 5.24. The van der Waals surface area contributed by atoms with Crippen molar-refractivity contribution in [2.45, 2.75) is 0 Å². The Hall–Kier alpha value is -4.16. The number of carbonyl (C=O) groups is 2. The number of hydrogen-bond acceptors (Lipinski definition) is 5. The third-order valence-electron chi connectivity index (χ3n) is 4.64. The number of rotatable bonds is 7. The molecule has 4 aromatic carbocycles. The topological polar surface area (TPSA) is 77.0 Å². The van der Waals surface area contributed by atoms with Crippen molar-refractivity contribution in [1.29, 1.82) is 0 Å². The number of benzene rings is 4. The molecule has 4 aromatic rings. The van der Waals surface area contributed by atoms with E-state index in [4.69, 9.17) is 21.1 Å². The SMILES string of the molecule is O=C(COc1ccc2ccccc2c1)N/N=C\c1ccc(OC(=O)c2cccc(Cl)c2)cc1. The summed E-state index contributed by atoms with van der Waals surface area (Å²) in [4.78, 5) is 24.1. The Morgan fingerprint density at radius 3 is 2.39 bits per heavy atom. The zero-order chi connectivity index (χ0) is 23.0. The quantitative estimate of drug-likeness (QED) is 0.178. The lowest BCUT2D eigenvalue weighted by molar-refractivity contribution is -0.123. The summed E-state index contributed by atoms with van der Waals surface area (Å²) in [7, 11) is 0. The summed E-state index contributed by atoms with van der Waals surface area (Å²) < 4.78 is 10.9. The van der Waals surface area contributed by atoms with Crippen LogP contribution in [-0.2, 0) is 4.79 Å². The van der Waals surface area contributed by atoms with E-state index in [0.29, 0.717) is 27.6 Å². The van der Waals surface area contributed by atoms with E-state index in [9.17, 15) is 9.59 Å². The Kier molecular flexibility index (Phi) is 6.97. The van der Waals surface area contributed by atoms with Crippen molar-refractivity contribution in [1.82, 2.24) is 5.43 Å². The van der Waals surface area contributed by atoms with Gasteiger partial charge >= 0.3 is 5.97 Å². The molecule has 0 aliphatic rings. The summed E-state index contributed by atoms with van der Waals surface area (Å²) in [6, 6.07) is 26.8. The van der Waals surface area contributed by atoms with Gasteiger partial charge in [-0.15, -0.1) is 0 Å². The number of amides is 1. The lowest BCUT2D eigenvalue weighted by Gasteiger charge is -2.06. The Bertz CT molecular complexity index is 1320. The van der Waals surface area contributed by atoms with Gasteiger partial charge in [-0.05, 0) is 70.9 Å². The molecule has 7 heteroatoms. The molecule has 0 aromatic heterocycles. The first-order valence-corrected chi connectivity index (χ1v) is 10.5. The molecule has 164 valence electrons. The van der Waals surface area contributed by atoms with Crippen LogP contribution in [0.25, 0.3) is 10.8 Å². The molecule has 6 nitrogen and oxygen atoms in total. The highest BCUT2D eigenvalue weighted by atomic mass is 35.5. The van der Waals surface area contributed by atoms with E-state index in [1.54, 1.807) is 42.5 Å². The maximum absolute atomic E-state index is 12.2. The first kappa shape index (κ1) is 22.0. The molecule has 4 rings (SSSR count). The lowest BCUT2D eigenvalue weighted by Crippen LogP contribution is -2.24. The van der Waals surface area contributed by atoms with Crippen LogP contribution in [0.5, 0.6) is 11.5 Å². The smallest absolute Gasteiger partial charge is 0.343 e. The second-order valence-corrected chi connectivity index (χ2v) is 7.50. The summed E-state index contributed by atoms with van der Waals surface area (Å²) in [5.74, 6) is 0.102. The van der Waals surface area contributed by atoms with E-state index in [1.165, 1.54) is 12.3 Å². The molecule has 0 unspecified atom stereocenters. The van der Waals surface area contributed by atoms with Gasteiger partial charge in [0.05, 0.1) is 11.8 Å². The van der Waals surface area contributed by atoms with Crippen LogP contribution in [-0.4, -0.2) is 24.7 Å². The fourth-order valence-electron chi connectivity index (χ4n) is 3.02. The summed E-state index contributed by atoms with van der Waals surface area (Å²) >= 11 is 5.90. The predicted molar refractivity (Wildman–Crippen MR) is 128 cm³/mol. The van der Waals surface area contributed by atoms with Crippen LogP contribution >= 0.6 is 11.6 Å². The Morgan fingerprint density at radius 2 is 1.61 bits per heavy atom. The van der Waals surface area contributed by atoms with Gasteiger partial charge in [0.25, 0.3) is 5.91 Å². The normalized spacial score (nSPS) is 10.8. The van der Waals surface area contributed by atoms with Crippen molar-refractivity contribution in [3.63, 3.8) is 0 Å². The van der Waals surface area contributed by atoms with Crippen LogP contribution in [0.2, 0.25) is 5.02 Å². The fraction of sp³-hybridized carbons (Fsp3) is 0.0385. The second kappa shape index (κ2) is 10.4. The molecule has 0 saturated heterocycles. The largest absolute Gasteiger partial charge is 0.484 e. The van der Waals surface area contributed by atoms with Gasteiger partial charge in [-0.3, -0.25) is 4.79 Å². The standard InChI is InChI=1S/C26H19ClN2O4/c27-22-7-3-6-21(14-22)26(31)33-23-11-8-18(9-12-23)16-28-29-25(30)17-32-24-13-10-19-4-1-2-5-20(19)15-24/h1-16H,17H2,(H,29,30)/b28-16-. The van der Waals surface area contributed by atoms with Crippen LogP contribution < -0.4 is 14.9 Å². The minimum Gasteiger partial charge on any atom is -0.484 e. The molecule has 0 aliphatic carbocycles. The number of fused-ring (bicyclic) bond motifs is 1. The molecule has 0 atom stereocenters. The Morgan fingerprint density at radius 1 is 0.848 bits per heavy atom. The second-order valence-electron chi connectivity index (χ2n) is 7.06. The number of hydrogen-bond donors (Lipinski definition) is 1. The first-order valence-electron chi connectivity index (χ1n) is 10.1. The summed E-state index contributed by atoms with van der Waals surface area (Å²) in [6.45, 7) is -0.159. The van der Waals surface area contributed by atoms with Gasteiger partial charge in [-0.25, -0.2) is 10.2 Å². The average molecular weight is 459 g/mol. The summed E-state index contributed by atoms with van der Waals surface area (Å²) in [5, 5.41) is 6.52. The van der Waals surface area contributed by atoms with Crippen LogP contribution in [0.1, 0.15) is 15.9 Å². The molecule has 0 spiro atoms. The number of nitrogens with zero attached hydrogens (tertiary/aromatic N) is 1. The number of halogens is 1. The molecule has 1 N–H and O–H groups in total. The summed E-state index contributed by atoms with van der Waals surface area (Å²) in [5.41, 5.74) is 3.50. The Balaban J connectivity index is 1.25. The number of ether oxygens (including phenoxy) is 2. The van der Waals surface area contributed by atoms with Crippen LogP contribution in [0.4, 0.5) is 0 Å². The van der Waals surface area contributed by atoms with Crippen molar-refractivity contribution < 1.29 is 19.1 Å². The highest BCUT2D eigenvalue weighted by Crippen LogP contribution is 2.20. The third kappa shape index (κ3) is 6.18. The van der Waals surface area contributed by atoms with E-state index >= 15 is 0 Å². The number of carbonyl (C=O) groups excluding carboxylic acids is 2. The van der Waals surface area contributed by atoms with Crippen molar-refractivity contribution >= 4 is 40.5 Å². The van der Waals surface area contributed by atoms with Crippen LogP contribution in [0, 0.1) is 0 Å². The molecule has 0 bridgehead atoms. The molecule has 1 amide bonds. The van der Waals surface area contributed by atoms with E-state index in [-0.39, 0.29) is 12.5 Å². The van der Waals surface area contributed by atoms with Gasteiger partial charge in [0.2, 0.25) is 0 Å². The maximum Gasteiger partial charge on any atom is 0.343 e. The fourth-order valence-corrected chi connectivity index (χ4v) is 3.21. The van der Waals surface area contributed by atoms with Crippen LogP contribution in [0.15, 0.2) is 96.1 Å². The van der Waals surface area contributed by atoms with Gasteiger partial charge in [0.15, 0.2) is 6.61 Å². The van der Waals surface area contributed by atoms with E-state index < -0.39 is 5.97 Å². The molecule has 0 heterocycles. The minimum atomic E-state index is -0.502. The molecule has 0 saturated carbocycles. The summed E-state index contributed by atoms with van der Waals surface area (Å²) in [6.07, 6.45) is 1.48. The van der Waals surface area contributed by atoms with Crippen molar-refractivity contribution in [2.24, 2.45) is 5.10 Å². The maximum atomic E-state index is 12.2. The number of esters is 1. The molecular weight excluding hydrogens is 440 g/mol. The zero-order valence-electron chi connectivity index (χ0n) is 17.4. The molecular formula is C26H19ClN2O4. The highest BCUT2D eigenvalue weighted by Gasteiger charge is 2.09. The van der Waals surface area contributed by atoms with Gasteiger partial charge in [0, 0.05) is 5.02 Å². The molecule has 33 heavy (non-hydrogen) atoms. The first-order chi connectivity index (χ1) is 16.1. The van der Waals surface area contributed by atoms with Gasteiger partial charge in [-0.1, -0.05) is 48.0 Å². The number of hydrazone groups is 1. The third-order valence-corrected chi connectivity index (χ3v) is 4.88. The van der Waals surface area contributed by atoms with Gasteiger partial charge in [-0.2, -0.15) is 5.10 Å². The average Bonchev–Trinajstić information content (AvgIpc) is 2.83. The zero-order valence-corrected chi connectivity index (χ0v) is 18.2. The number of nitrogens with one attached hydrogen (secondary N) is 1. The van der Waals surface area contributed by atoms with Crippen molar-refractivity contribution in [3.8, 4) is 11.5 Å². The molecule has 0 fully saturated rings. The van der Waals surface area contributed by atoms with Gasteiger partial charge < -0.3 is 9.47 Å². The highest BCUT2D eigenvalue weighted by molar-refractivity contribution is 6.30. The monoisotopic (exact) mass is 458 g/mol. The van der Waals surface area contributed by atoms with E-state index in [2.05, 4.69) is 10.5 Å². The van der Waals surface area contributed by atoms with Crippen molar-refractivity contribution in [3.05, 3.63) is 107 Å². The molecule has 0 aliphatic heterocycles. The minimum absolute atomic E-state index is 0.159. The Labute approximate surface area is 195 Å². The van der Waals surface area contributed by atoms with E-state index in [1.807, 2.05) is 42.5 Å². The lowest BCUT2D eigenvalue weighted by atomic mass is 10.1. The van der Waals surface area contributed by atoms with E-state index in [0.717, 1.165) is 10.8 Å². The molecule has 0 radical (unpaired) electrons. The van der Waals surface area contributed by atoms with Crippen molar-refractivity contribution in [2.75, 3.05) is 6.61 Å². The van der Waals surface area contributed by atoms with Gasteiger partial charge in [0.1, 0.15) is 11.5 Å².